The van der Waals surface area contributed by atoms with Gasteiger partial charge in [0, 0.05) is 19.1 Å². The summed E-state index contributed by atoms with van der Waals surface area (Å²) in [6.07, 6.45) is 1.30. The van der Waals surface area contributed by atoms with Gasteiger partial charge in [-0.25, -0.2) is 0 Å². The van der Waals surface area contributed by atoms with Crippen molar-refractivity contribution in [1.29, 1.82) is 0 Å². The maximum absolute atomic E-state index is 10.8. The highest BCUT2D eigenvalue weighted by Crippen LogP contribution is 2.18. The summed E-state index contributed by atoms with van der Waals surface area (Å²) in [6, 6.07) is 0. The molecule has 1 aliphatic heterocycles. The molecule has 0 radical (unpaired) electrons. The lowest BCUT2D eigenvalue weighted by Crippen LogP contribution is -2.32. The average Bonchev–Trinajstić information content (AvgIpc) is 2.47. The fourth-order valence-electron chi connectivity index (χ4n) is 1.34. The standard InChI is InChI=1S/C8H14ClNO2/c1-6-7(2-3-12-6)5-10-8(11)4-9/h6-7H,2-5H2,1H3,(H,10,11). The maximum atomic E-state index is 10.8. The SMILES string of the molecule is CC1OCCC1CNC(=O)CCl. The van der Waals surface area contributed by atoms with Gasteiger partial charge in [-0.3, -0.25) is 4.79 Å². The lowest BCUT2D eigenvalue weighted by Gasteiger charge is -2.13. The molecule has 3 nitrogen and oxygen atoms in total. The monoisotopic (exact) mass is 191 g/mol. The van der Waals surface area contributed by atoms with E-state index in [2.05, 4.69) is 5.32 Å². The Morgan fingerprint density at radius 2 is 2.50 bits per heavy atom. The van der Waals surface area contributed by atoms with Gasteiger partial charge in [0.2, 0.25) is 5.91 Å². The average molecular weight is 192 g/mol. The van der Waals surface area contributed by atoms with Gasteiger partial charge in [0.15, 0.2) is 0 Å². The Labute approximate surface area is 77.4 Å². The topological polar surface area (TPSA) is 38.3 Å². The van der Waals surface area contributed by atoms with Crippen LogP contribution in [-0.4, -0.2) is 31.0 Å². The molecule has 0 aromatic carbocycles. The van der Waals surface area contributed by atoms with Crippen molar-refractivity contribution in [3.05, 3.63) is 0 Å². The fraction of sp³-hybridized carbons (Fsp3) is 0.875. The first-order valence-electron chi connectivity index (χ1n) is 4.18. The van der Waals surface area contributed by atoms with Gasteiger partial charge in [0.25, 0.3) is 0 Å². The Kier molecular flexibility index (Phi) is 3.82. The summed E-state index contributed by atoms with van der Waals surface area (Å²) in [7, 11) is 0. The number of amides is 1. The number of hydrogen-bond acceptors (Lipinski definition) is 2. The number of ether oxygens (including phenoxy) is 1. The molecule has 0 bridgehead atoms. The molecule has 1 rings (SSSR count). The van der Waals surface area contributed by atoms with E-state index in [0.29, 0.717) is 12.5 Å². The van der Waals surface area contributed by atoms with Gasteiger partial charge < -0.3 is 10.1 Å². The molecule has 1 fully saturated rings. The van der Waals surface area contributed by atoms with Gasteiger partial charge >= 0.3 is 0 Å². The Morgan fingerprint density at radius 3 is 3.00 bits per heavy atom. The quantitative estimate of drug-likeness (QED) is 0.670. The molecule has 12 heavy (non-hydrogen) atoms. The summed E-state index contributed by atoms with van der Waals surface area (Å²) in [5.41, 5.74) is 0. The van der Waals surface area contributed by atoms with Gasteiger partial charge in [0.1, 0.15) is 5.88 Å². The van der Waals surface area contributed by atoms with Crippen molar-refractivity contribution in [2.45, 2.75) is 19.4 Å². The molecule has 2 atom stereocenters. The van der Waals surface area contributed by atoms with Crippen LogP contribution in [0.4, 0.5) is 0 Å². The smallest absolute Gasteiger partial charge is 0.234 e. The molecular formula is C8H14ClNO2. The lowest BCUT2D eigenvalue weighted by molar-refractivity contribution is -0.118. The van der Waals surface area contributed by atoms with Crippen molar-refractivity contribution in [2.75, 3.05) is 19.0 Å². The van der Waals surface area contributed by atoms with Gasteiger partial charge in [-0.05, 0) is 13.3 Å². The van der Waals surface area contributed by atoms with Crippen molar-refractivity contribution >= 4 is 17.5 Å². The Balaban J connectivity index is 2.18. The molecule has 0 spiro atoms. The van der Waals surface area contributed by atoms with E-state index in [4.69, 9.17) is 16.3 Å². The summed E-state index contributed by atoms with van der Waals surface area (Å²) < 4.78 is 5.35. The van der Waals surface area contributed by atoms with Crippen LogP contribution in [0.1, 0.15) is 13.3 Å². The van der Waals surface area contributed by atoms with E-state index in [0.717, 1.165) is 13.0 Å². The van der Waals surface area contributed by atoms with E-state index in [1.165, 1.54) is 0 Å². The number of halogens is 1. The number of alkyl halides is 1. The molecular weight excluding hydrogens is 178 g/mol. The predicted molar refractivity (Wildman–Crippen MR) is 47.3 cm³/mol. The molecule has 1 heterocycles. The van der Waals surface area contributed by atoms with Crippen molar-refractivity contribution in [3.63, 3.8) is 0 Å². The van der Waals surface area contributed by atoms with Gasteiger partial charge in [-0.2, -0.15) is 0 Å². The zero-order chi connectivity index (χ0) is 8.97. The first kappa shape index (κ1) is 9.81. The first-order valence-corrected chi connectivity index (χ1v) is 4.71. The first-order chi connectivity index (χ1) is 5.74. The molecule has 1 N–H and O–H groups in total. The number of hydrogen-bond donors (Lipinski definition) is 1. The molecule has 1 aliphatic rings. The lowest BCUT2D eigenvalue weighted by atomic mass is 10.0. The Morgan fingerprint density at radius 1 is 1.75 bits per heavy atom. The minimum Gasteiger partial charge on any atom is -0.378 e. The van der Waals surface area contributed by atoms with E-state index >= 15 is 0 Å². The molecule has 4 heteroatoms. The van der Waals surface area contributed by atoms with E-state index in [1.807, 2.05) is 6.92 Å². The third-order valence-corrected chi connectivity index (χ3v) is 2.46. The second kappa shape index (κ2) is 4.67. The number of nitrogens with one attached hydrogen (secondary N) is 1. The number of carbonyl (C=O) groups is 1. The third kappa shape index (κ3) is 2.64. The summed E-state index contributed by atoms with van der Waals surface area (Å²) in [4.78, 5) is 10.8. The highest BCUT2D eigenvalue weighted by atomic mass is 35.5. The zero-order valence-corrected chi connectivity index (χ0v) is 7.93. The molecule has 1 amide bonds. The zero-order valence-electron chi connectivity index (χ0n) is 7.18. The molecule has 1 saturated heterocycles. The summed E-state index contributed by atoms with van der Waals surface area (Å²) in [5, 5.41) is 2.75. The van der Waals surface area contributed by atoms with Crippen LogP contribution in [0.3, 0.4) is 0 Å². The second-order valence-electron chi connectivity index (χ2n) is 3.06. The van der Waals surface area contributed by atoms with Gasteiger partial charge in [0.05, 0.1) is 6.10 Å². The number of rotatable bonds is 3. The maximum Gasteiger partial charge on any atom is 0.234 e. The largest absolute Gasteiger partial charge is 0.378 e. The van der Waals surface area contributed by atoms with Crippen LogP contribution in [0, 0.1) is 5.92 Å². The van der Waals surface area contributed by atoms with Gasteiger partial charge in [-0.15, -0.1) is 11.6 Å². The minimum absolute atomic E-state index is 0.0436. The minimum atomic E-state index is -0.101. The van der Waals surface area contributed by atoms with Crippen LogP contribution in [0.15, 0.2) is 0 Å². The van der Waals surface area contributed by atoms with Crippen LogP contribution in [-0.2, 0) is 9.53 Å². The molecule has 0 aromatic rings. The van der Waals surface area contributed by atoms with E-state index in [-0.39, 0.29) is 17.9 Å². The highest BCUT2D eigenvalue weighted by Gasteiger charge is 2.23. The highest BCUT2D eigenvalue weighted by molar-refractivity contribution is 6.27. The van der Waals surface area contributed by atoms with Crippen molar-refractivity contribution < 1.29 is 9.53 Å². The molecule has 70 valence electrons. The Hall–Kier alpha value is -0.280. The van der Waals surface area contributed by atoms with Crippen molar-refractivity contribution in [3.8, 4) is 0 Å². The second-order valence-corrected chi connectivity index (χ2v) is 3.33. The molecule has 0 aromatic heterocycles. The van der Waals surface area contributed by atoms with Crippen LogP contribution in [0.5, 0.6) is 0 Å². The molecule has 0 aliphatic carbocycles. The number of carbonyl (C=O) groups excluding carboxylic acids is 1. The van der Waals surface area contributed by atoms with Crippen LogP contribution in [0.25, 0.3) is 0 Å². The van der Waals surface area contributed by atoms with Crippen LogP contribution < -0.4 is 5.32 Å². The predicted octanol–water partition coefficient (Wildman–Crippen LogP) is 0.766. The fourth-order valence-corrected chi connectivity index (χ4v) is 1.43. The normalized spacial score (nSPS) is 28.8. The summed E-state index contributed by atoms with van der Waals surface area (Å²) in [6.45, 7) is 3.53. The summed E-state index contributed by atoms with van der Waals surface area (Å²) >= 11 is 5.33. The van der Waals surface area contributed by atoms with E-state index in [9.17, 15) is 4.79 Å². The van der Waals surface area contributed by atoms with Crippen molar-refractivity contribution in [1.82, 2.24) is 5.32 Å². The molecule has 0 saturated carbocycles. The Bertz CT molecular complexity index is 163. The van der Waals surface area contributed by atoms with E-state index in [1.54, 1.807) is 0 Å². The summed E-state index contributed by atoms with van der Waals surface area (Å²) in [5.74, 6) is 0.398. The third-order valence-electron chi connectivity index (χ3n) is 2.22. The van der Waals surface area contributed by atoms with E-state index < -0.39 is 0 Å². The molecule has 2 unspecified atom stereocenters. The van der Waals surface area contributed by atoms with Crippen LogP contribution in [0.2, 0.25) is 0 Å². The van der Waals surface area contributed by atoms with Crippen molar-refractivity contribution in [2.24, 2.45) is 5.92 Å². The van der Waals surface area contributed by atoms with Gasteiger partial charge in [-0.1, -0.05) is 0 Å². The van der Waals surface area contributed by atoms with Crippen LogP contribution >= 0.6 is 11.6 Å².